The number of hydrogen-bond acceptors (Lipinski definition) is 3. The van der Waals surface area contributed by atoms with Crippen molar-refractivity contribution in [2.75, 3.05) is 19.8 Å². The lowest BCUT2D eigenvalue weighted by molar-refractivity contribution is 0.355. The van der Waals surface area contributed by atoms with Crippen molar-refractivity contribution in [3.8, 4) is 0 Å². The average molecular weight is 271 g/mol. The summed E-state index contributed by atoms with van der Waals surface area (Å²) in [4.78, 5) is 0. The average Bonchev–Trinajstić information content (AvgIpc) is 2.30. The van der Waals surface area contributed by atoms with E-state index >= 15 is 0 Å². The summed E-state index contributed by atoms with van der Waals surface area (Å²) in [7, 11) is -0.312. The lowest BCUT2D eigenvalue weighted by Gasteiger charge is -2.27. The largest absolute Gasteiger partial charge is 0.398 e. The van der Waals surface area contributed by atoms with E-state index in [4.69, 9.17) is 5.73 Å². The summed E-state index contributed by atoms with van der Waals surface area (Å²) in [6, 6.07) is 7.19. The zero-order valence-corrected chi connectivity index (χ0v) is 12.1. The summed E-state index contributed by atoms with van der Waals surface area (Å²) in [6.45, 7) is 3.94. The highest BCUT2D eigenvalue weighted by Crippen LogP contribution is 2.16. The molecule has 102 valence electrons. The lowest BCUT2D eigenvalue weighted by atomic mass is 10.2. The zero-order valence-electron chi connectivity index (χ0n) is 11.3. The van der Waals surface area contributed by atoms with Crippen molar-refractivity contribution in [2.24, 2.45) is 0 Å². The van der Waals surface area contributed by atoms with Gasteiger partial charge in [-0.25, -0.2) is 0 Å². The van der Waals surface area contributed by atoms with E-state index in [0.717, 1.165) is 5.56 Å². The first-order chi connectivity index (χ1) is 8.26. The van der Waals surface area contributed by atoms with Crippen LogP contribution in [0.15, 0.2) is 24.3 Å². The van der Waals surface area contributed by atoms with Crippen molar-refractivity contribution in [1.82, 2.24) is 8.61 Å². The smallest absolute Gasteiger partial charge is 0.282 e. The maximum absolute atomic E-state index is 12.2. The topological polar surface area (TPSA) is 66.6 Å². The van der Waals surface area contributed by atoms with E-state index in [-0.39, 0.29) is 12.6 Å². The van der Waals surface area contributed by atoms with E-state index in [1.54, 1.807) is 20.2 Å². The first kappa shape index (κ1) is 14.9. The van der Waals surface area contributed by atoms with Gasteiger partial charge in [-0.3, -0.25) is 0 Å². The Bertz CT molecular complexity index is 500. The van der Waals surface area contributed by atoms with Crippen LogP contribution in [0.1, 0.15) is 19.4 Å². The van der Waals surface area contributed by atoms with Gasteiger partial charge in [0.15, 0.2) is 0 Å². The van der Waals surface area contributed by atoms with Crippen LogP contribution >= 0.6 is 0 Å². The predicted octanol–water partition coefficient (Wildman–Crippen LogP) is 1.29. The fourth-order valence-electron chi connectivity index (χ4n) is 1.49. The molecule has 0 aliphatic rings. The van der Waals surface area contributed by atoms with Gasteiger partial charge >= 0.3 is 0 Å². The third kappa shape index (κ3) is 3.22. The van der Waals surface area contributed by atoms with Crippen LogP contribution in [0.5, 0.6) is 0 Å². The number of nitrogen functional groups attached to an aromatic ring is 1. The van der Waals surface area contributed by atoms with Gasteiger partial charge in [-0.2, -0.15) is 17.0 Å². The summed E-state index contributed by atoms with van der Waals surface area (Å²) in [5, 5.41) is 0. The molecule has 0 heterocycles. The number of nitrogens with two attached hydrogens (primary N) is 1. The minimum atomic E-state index is -3.44. The van der Waals surface area contributed by atoms with Gasteiger partial charge in [0.2, 0.25) is 0 Å². The van der Waals surface area contributed by atoms with Crippen molar-refractivity contribution in [1.29, 1.82) is 0 Å². The highest BCUT2D eigenvalue weighted by atomic mass is 32.2. The molecule has 0 aliphatic heterocycles. The molecule has 2 N–H and O–H groups in total. The standard InChI is InChI=1S/C12H21N3O2S/c1-10(2)15(4)18(16,17)14(3)9-11-7-5-6-8-12(11)13/h5-8,10H,9,13H2,1-4H3. The van der Waals surface area contributed by atoms with Crippen molar-refractivity contribution in [3.63, 3.8) is 0 Å². The fraction of sp³-hybridized carbons (Fsp3) is 0.500. The Balaban J connectivity index is 2.90. The highest BCUT2D eigenvalue weighted by molar-refractivity contribution is 7.86. The van der Waals surface area contributed by atoms with Crippen LogP contribution in [0.4, 0.5) is 5.69 Å². The van der Waals surface area contributed by atoms with Crippen molar-refractivity contribution >= 4 is 15.9 Å². The van der Waals surface area contributed by atoms with Crippen LogP contribution < -0.4 is 5.73 Å². The number of rotatable bonds is 5. The van der Waals surface area contributed by atoms with E-state index in [1.807, 2.05) is 32.0 Å². The van der Waals surface area contributed by atoms with Gasteiger partial charge in [-0.05, 0) is 25.5 Å². The molecule has 0 spiro atoms. The molecule has 18 heavy (non-hydrogen) atoms. The molecule has 0 saturated carbocycles. The molecule has 1 aromatic rings. The molecule has 0 unspecified atom stereocenters. The summed E-state index contributed by atoms with van der Waals surface area (Å²) in [6.07, 6.45) is 0. The number of nitrogens with zero attached hydrogens (tertiary/aromatic N) is 2. The van der Waals surface area contributed by atoms with E-state index in [9.17, 15) is 8.42 Å². The van der Waals surface area contributed by atoms with E-state index in [2.05, 4.69) is 0 Å². The Labute approximate surface area is 109 Å². The van der Waals surface area contributed by atoms with Gasteiger partial charge in [0.25, 0.3) is 10.2 Å². The maximum atomic E-state index is 12.2. The summed E-state index contributed by atoms with van der Waals surface area (Å²) in [5.74, 6) is 0. The highest BCUT2D eigenvalue weighted by Gasteiger charge is 2.25. The Morgan fingerprint density at radius 3 is 2.28 bits per heavy atom. The molecule has 0 aliphatic carbocycles. The minimum Gasteiger partial charge on any atom is -0.398 e. The van der Waals surface area contributed by atoms with Crippen LogP contribution in [0, 0.1) is 0 Å². The van der Waals surface area contributed by atoms with Gasteiger partial charge in [-0.15, -0.1) is 0 Å². The normalized spacial score (nSPS) is 12.6. The third-order valence-electron chi connectivity index (χ3n) is 2.93. The van der Waals surface area contributed by atoms with E-state index in [0.29, 0.717) is 5.69 Å². The molecule has 0 atom stereocenters. The molecule has 0 fully saturated rings. The van der Waals surface area contributed by atoms with Crippen LogP contribution in [0.2, 0.25) is 0 Å². The quantitative estimate of drug-likeness (QED) is 0.821. The van der Waals surface area contributed by atoms with Crippen molar-refractivity contribution < 1.29 is 8.42 Å². The fourth-order valence-corrected chi connectivity index (χ4v) is 2.76. The summed E-state index contributed by atoms with van der Waals surface area (Å²) >= 11 is 0. The number of anilines is 1. The molecule has 0 aromatic heterocycles. The Morgan fingerprint density at radius 2 is 1.78 bits per heavy atom. The Kier molecular flexibility index (Phi) is 4.72. The molecule has 1 aromatic carbocycles. The Hall–Kier alpha value is -1.11. The predicted molar refractivity (Wildman–Crippen MR) is 74.1 cm³/mol. The number of hydrogen-bond donors (Lipinski definition) is 1. The van der Waals surface area contributed by atoms with Crippen molar-refractivity contribution in [3.05, 3.63) is 29.8 Å². The van der Waals surface area contributed by atoms with Gasteiger partial charge in [-0.1, -0.05) is 18.2 Å². The zero-order chi connectivity index (χ0) is 13.9. The number of para-hydroxylation sites is 1. The molecule has 0 radical (unpaired) electrons. The molecule has 0 bridgehead atoms. The summed E-state index contributed by atoms with van der Waals surface area (Å²) in [5.41, 5.74) is 7.22. The molecule has 5 nitrogen and oxygen atoms in total. The van der Waals surface area contributed by atoms with Crippen LogP contribution in [0.25, 0.3) is 0 Å². The second-order valence-electron chi connectivity index (χ2n) is 4.57. The number of benzene rings is 1. The van der Waals surface area contributed by atoms with E-state index < -0.39 is 10.2 Å². The van der Waals surface area contributed by atoms with Gasteiger partial charge in [0, 0.05) is 32.4 Å². The van der Waals surface area contributed by atoms with Gasteiger partial charge in [0.05, 0.1) is 0 Å². The third-order valence-corrected chi connectivity index (χ3v) is 5.00. The second kappa shape index (κ2) is 5.69. The second-order valence-corrected chi connectivity index (χ2v) is 6.67. The molecule has 1 rings (SSSR count). The maximum Gasteiger partial charge on any atom is 0.282 e. The SMILES string of the molecule is CC(C)N(C)S(=O)(=O)N(C)Cc1ccccc1N. The van der Waals surface area contributed by atoms with Crippen LogP contribution in [-0.4, -0.2) is 37.2 Å². The van der Waals surface area contributed by atoms with Crippen LogP contribution in [0.3, 0.4) is 0 Å². The molecule has 0 amide bonds. The molecule has 6 heteroatoms. The van der Waals surface area contributed by atoms with Crippen LogP contribution in [-0.2, 0) is 16.8 Å². The molecular formula is C12H21N3O2S. The first-order valence-corrected chi connectivity index (χ1v) is 7.19. The monoisotopic (exact) mass is 271 g/mol. The Morgan fingerprint density at radius 1 is 1.22 bits per heavy atom. The molecule has 0 saturated heterocycles. The van der Waals surface area contributed by atoms with E-state index in [1.165, 1.54) is 8.61 Å². The minimum absolute atomic E-state index is 0.0782. The van der Waals surface area contributed by atoms with Crippen molar-refractivity contribution in [2.45, 2.75) is 26.4 Å². The lowest BCUT2D eigenvalue weighted by Crippen LogP contribution is -2.42. The molecular weight excluding hydrogens is 250 g/mol. The van der Waals surface area contributed by atoms with Gasteiger partial charge < -0.3 is 5.73 Å². The first-order valence-electron chi connectivity index (χ1n) is 5.79. The summed E-state index contributed by atoms with van der Waals surface area (Å²) < 4.78 is 27.0. The van der Waals surface area contributed by atoms with Gasteiger partial charge in [0.1, 0.15) is 0 Å².